The van der Waals surface area contributed by atoms with E-state index < -0.39 is 0 Å². The predicted octanol–water partition coefficient (Wildman–Crippen LogP) is 5.91. The minimum absolute atomic E-state index is 0.162. The highest BCUT2D eigenvalue weighted by Crippen LogP contribution is 2.31. The van der Waals surface area contributed by atoms with Crippen molar-refractivity contribution < 1.29 is 18.4 Å². The lowest BCUT2D eigenvalue weighted by Gasteiger charge is -2.13. The van der Waals surface area contributed by atoms with Crippen molar-refractivity contribution in [2.75, 3.05) is 5.32 Å². The van der Waals surface area contributed by atoms with Gasteiger partial charge in [-0.1, -0.05) is 24.3 Å². The zero-order valence-corrected chi connectivity index (χ0v) is 21.0. The van der Waals surface area contributed by atoms with E-state index in [0.717, 1.165) is 74.4 Å². The number of anilines is 1. The van der Waals surface area contributed by atoms with Crippen molar-refractivity contribution in [2.45, 2.75) is 53.4 Å². The van der Waals surface area contributed by atoms with Gasteiger partial charge in [0.2, 0.25) is 5.91 Å². The van der Waals surface area contributed by atoms with Crippen LogP contribution in [-0.2, 0) is 17.6 Å². The summed E-state index contributed by atoms with van der Waals surface area (Å²) in [5.74, 6) is 0.487. The van der Waals surface area contributed by atoms with Gasteiger partial charge < -0.3 is 14.2 Å². The molecule has 7 heteroatoms. The summed E-state index contributed by atoms with van der Waals surface area (Å²) in [5, 5.41) is 8.36. The molecule has 4 aromatic rings. The number of fused-ring (bicyclic) bond motifs is 2. The number of amides is 2. The van der Waals surface area contributed by atoms with Crippen LogP contribution in [0.1, 0.15) is 62.5 Å². The number of hydrogen-bond acceptors (Lipinski definition) is 5. The number of benzene rings is 2. The van der Waals surface area contributed by atoms with E-state index in [4.69, 9.17) is 8.83 Å². The first-order valence-corrected chi connectivity index (χ1v) is 12.1. The lowest BCUT2D eigenvalue weighted by molar-refractivity contribution is -0.120. The van der Waals surface area contributed by atoms with E-state index in [2.05, 4.69) is 21.9 Å². The summed E-state index contributed by atoms with van der Waals surface area (Å²) in [6.07, 6.45) is 4.05. The lowest BCUT2D eigenvalue weighted by Crippen LogP contribution is -2.23. The Hall–Kier alpha value is -4.13. The average molecular weight is 484 g/mol. The van der Waals surface area contributed by atoms with Crippen LogP contribution in [0.5, 0.6) is 0 Å². The maximum Gasteiger partial charge on any atom is 0.291 e. The van der Waals surface area contributed by atoms with E-state index >= 15 is 0 Å². The van der Waals surface area contributed by atoms with E-state index in [1.54, 1.807) is 6.26 Å². The van der Waals surface area contributed by atoms with E-state index in [-0.39, 0.29) is 24.0 Å². The summed E-state index contributed by atoms with van der Waals surface area (Å²) in [6.45, 7) is 7.84. The molecule has 0 radical (unpaired) electrons. The molecule has 0 aliphatic heterocycles. The third kappa shape index (κ3) is 4.44. The SMILES string of the molecule is Cc1cc(C)c2c(CC(=O)N/N=C3\CCCc4oc(C(=O)Nc5ccccc5C)c(C)c43)coc2c1. The van der Waals surface area contributed by atoms with Crippen LogP contribution in [0.3, 0.4) is 0 Å². The number of hydrogen-bond donors (Lipinski definition) is 2. The second-order valence-corrected chi connectivity index (χ2v) is 9.46. The zero-order valence-electron chi connectivity index (χ0n) is 21.0. The molecule has 0 fully saturated rings. The summed E-state index contributed by atoms with van der Waals surface area (Å²) in [5.41, 5.74) is 10.5. The van der Waals surface area contributed by atoms with Crippen molar-refractivity contribution >= 4 is 34.2 Å². The number of furan rings is 2. The maximum absolute atomic E-state index is 13.0. The average Bonchev–Trinajstić information content (AvgIpc) is 3.40. The Kier molecular flexibility index (Phi) is 6.22. The highest BCUT2D eigenvalue weighted by molar-refractivity contribution is 6.09. The number of aryl methyl sites for hydroxylation is 4. The van der Waals surface area contributed by atoms with Crippen LogP contribution >= 0.6 is 0 Å². The van der Waals surface area contributed by atoms with Gasteiger partial charge in [-0.3, -0.25) is 9.59 Å². The molecular formula is C29H29N3O4. The highest BCUT2D eigenvalue weighted by Gasteiger charge is 2.28. The fourth-order valence-electron chi connectivity index (χ4n) is 4.99. The van der Waals surface area contributed by atoms with E-state index in [9.17, 15) is 9.59 Å². The largest absolute Gasteiger partial charge is 0.464 e. The molecule has 2 aromatic heterocycles. The lowest BCUT2D eigenvalue weighted by atomic mass is 9.93. The van der Waals surface area contributed by atoms with E-state index in [0.29, 0.717) is 6.42 Å². The molecule has 0 saturated carbocycles. The second-order valence-electron chi connectivity index (χ2n) is 9.46. The van der Waals surface area contributed by atoms with Gasteiger partial charge in [0, 0.05) is 34.2 Å². The summed E-state index contributed by atoms with van der Waals surface area (Å²) in [6, 6.07) is 11.7. The minimum atomic E-state index is -0.294. The van der Waals surface area contributed by atoms with Gasteiger partial charge in [0.25, 0.3) is 5.91 Å². The summed E-state index contributed by atoms with van der Waals surface area (Å²) < 4.78 is 11.7. The minimum Gasteiger partial charge on any atom is -0.464 e. The number of carbonyl (C=O) groups excluding carboxylic acids is 2. The molecule has 7 nitrogen and oxygen atoms in total. The monoisotopic (exact) mass is 483 g/mol. The van der Waals surface area contributed by atoms with Crippen molar-refractivity contribution in [3.8, 4) is 0 Å². The molecule has 2 heterocycles. The summed E-state index contributed by atoms with van der Waals surface area (Å²) in [4.78, 5) is 25.8. The van der Waals surface area contributed by atoms with Crippen LogP contribution < -0.4 is 10.7 Å². The molecule has 0 spiro atoms. The fraction of sp³-hybridized carbons (Fsp3) is 0.276. The second kappa shape index (κ2) is 9.49. The third-order valence-corrected chi connectivity index (χ3v) is 6.68. The normalized spacial score (nSPS) is 14.2. The van der Waals surface area contributed by atoms with Crippen molar-refractivity contribution in [3.63, 3.8) is 0 Å². The standard InChI is InChI=1S/C29H29N3O4/c1-16-12-18(3)26-20(15-35-24(26)13-16)14-25(33)32-31-22-10-7-11-23-27(22)19(4)28(36-23)29(34)30-21-9-6-5-8-17(21)2/h5-6,8-9,12-13,15H,7,10-11,14H2,1-4H3,(H,30,34)(H,32,33)/b31-22+. The van der Waals surface area contributed by atoms with Crippen LogP contribution in [0.15, 0.2) is 56.6 Å². The van der Waals surface area contributed by atoms with E-state index in [1.165, 1.54) is 0 Å². The Bertz CT molecular complexity index is 1520. The van der Waals surface area contributed by atoms with Crippen LogP contribution in [0.4, 0.5) is 5.69 Å². The Labute approximate surface area is 209 Å². The van der Waals surface area contributed by atoms with Gasteiger partial charge >= 0.3 is 0 Å². The number of nitrogens with one attached hydrogen (secondary N) is 2. The molecular weight excluding hydrogens is 454 g/mol. The first-order chi connectivity index (χ1) is 17.3. The molecule has 2 amide bonds. The van der Waals surface area contributed by atoms with Crippen molar-refractivity contribution in [1.29, 1.82) is 0 Å². The zero-order chi connectivity index (χ0) is 25.4. The van der Waals surface area contributed by atoms with Gasteiger partial charge in [-0.25, -0.2) is 5.43 Å². The van der Waals surface area contributed by atoms with Crippen molar-refractivity contribution in [2.24, 2.45) is 5.10 Å². The van der Waals surface area contributed by atoms with Crippen LogP contribution in [-0.4, -0.2) is 17.5 Å². The molecule has 2 aromatic carbocycles. The molecule has 0 unspecified atom stereocenters. The van der Waals surface area contributed by atoms with Crippen molar-refractivity contribution in [1.82, 2.24) is 5.43 Å². The number of hydrazone groups is 1. The highest BCUT2D eigenvalue weighted by atomic mass is 16.4. The Morgan fingerprint density at radius 2 is 1.83 bits per heavy atom. The van der Waals surface area contributed by atoms with Crippen LogP contribution in [0.25, 0.3) is 11.0 Å². The van der Waals surface area contributed by atoms with Gasteiger partial charge in [-0.05, 0) is 69.4 Å². The molecule has 0 saturated heterocycles. The summed E-state index contributed by atoms with van der Waals surface area (Å²) >= 11 is 0. The Morgan fingerprint density at radius 3 is 2.64 bits per heavy atom. The van der Waals surface area contributed by atoms with Gasteiger partial charge in [-0.15, -0.1) is 0 Å². The first-order valence-electron chi connectivity index (χ1n) is 12.1. The van der Waals surface area contributed by atoms with Gasteiger partial charge in [-0.2, -0.15) is 5.10 Å². The van der Waals surface area contributed by atoms with Crippen LogP contribution in [0.2, 0.25) is 0 Å². The van der Waals surface area contributed by atoms with Crippen LogP contribution in [0, 0.1) is 27.7 Å². The number of nitrogens with zero attached hydrogens (tertiary/aromatic N) is 1. The molecule has 2 N–H and O–H groups in total. The Balaban J connectivity index is 1.34. The fourth-order valence-corrected chi connectivity index (χ4v) is 4.99. The van der Waals surface area contributed by atoms with E-state index in [1.807, 2.05) is 58.0 Å². The van der Waals surface area contributed by atoms with Gasteiger partial charge in [0.15, 0.2) is 5.76 Å². The van der Waals surface area contributed by atoms with Gasteiger partial charge in [0.05, 0.1) is 18.4 Å². The molecule has 36 heavy (non-hydrogen) atoms. The number of para-hydroxylation sites is 1. The molecule has 0 bridgehead atoms. The quantitative estimate of drug-likeness (QED) is 0.345. The third-order valence-electron chi connectivity index (χ3n) is 6.68. The van der Waals surface area contributed by atoms with Crippen molar-refractivity contribution in [3.05, 3.63) is 87.6 Å². The molecule has 0 atom stereocenters. The van der Waals surface area contributed by atoms with Gasteiger partial charge in [0.1, 0.15) is 11.3 Å². The maximum atomic E-state index is 13.0. The number of rotatable bonds is 5. The smallest absolute Gasteiger partial charge is 0.291 e. The molecule has 1 aliphatic rings. The molecule has 1 aliphatic carbocycles. The Morgan fingerprint density at radius 1 is 1.03 bits per heavy atom. The molecule has 5 rings (SSSR count). The number of carbonyl (C=O) groups is 2. The first kappa shape index (κ1) is 23.6. The topological polar surface area (TPSA) is 96.8 Å². The molecule has 184 valence electrons. The summed E-state index contributed by atoms with van der Waals surface area (Å²) in [7, 11) is 0. The predicted molar refractivity (Wildman–Crippen MR) is 140 cm³/mol.